The number of rotatable bonds is 0. The number of benzene rings is 1. The number of fused-ring (bicyclic) bond motifs is 2. The van der Waals surface area contributed by atoms with E-state index in [0.29, 0.717) is 15.8 Å². The van der Waals surface area contributed by atoms with Gasteiger partial charge in [0.15, 0.2) is 0 Å². The van der Waals surface area contributed by atoms with Gasteiger partial charge in [-0.2, -0.15) is 9.71 Å². The predicted molar refractivity (Wildman–Crippen MR) is 67.9 cm³/mol. The van der Waals surface area contributed by atoms with Crippen LogP contribution in [0.25, 0.3) is 22.6 Å². The van der Waals surface area contributed by atoms with Gasteiger partial charge in [0.05, 0.1) is 0 Å². The molecule has 0 aromatic heterocycles. The molecule has 0 atom stereocenters. The number of aromatic amines is 1. The minimum absolute atomic E-state index is 0.0695. The van der Waals surface area contributed by atoms with E-state index in [4.69, 9.17) is 0 Å². The van der Waals surface area contributed by atoms with Crippen LogP contribution in [0.5, 0.6) is 0 Å². The SMILES string of the molecule is Cc1ccc2c(c1)[n+]([O-])c1c(=O)[nH]c(=O)nc-1n2C. The number of aryl methyl sites for hydroxylation is 2. The summed E-state index contributed by atoms with van der Waals surface area (Å²) in [4.78, 5) is 28.7. The molecule has 1 N–H and O–H groups in total. The Hall–Kier alpha value is -2.70. The fourth-order valence-electron chi connectivity index (χ4n) is 2.17. The Morgan fingerprint density at radius 1 is 1.37 bits per heavy atom. The quantitative estimate of drug-likeness (QED) is 0.339. The number of H-pyrrole nitrogens is 1. The summed E-state index contributed by atoms with van der Waals surface area (Å²) >= 11 is 0. The second kappa shape index (κ2) is 3.64. The highest BCUT2D eigenvalue weighted by atomic mass is 16.5. The Bertz CT molecular complexity index is 894. The van der Waals surface area contributed by atoms with Crippen LogP contribution in [-0.4, -0.2) is 14.5 Å². The molecule has 2 heterocycles. The van der Waals surface area contributed by atoms with Crippen molar-refractivity contribution >= 4 is 11.0 Å². The van der Waals surface area contributed by atoms with Crippen LogP contribution in [0.4, 0.5) is 0 Å². The van der Waals surface area contributed by atoms with E-state index in [9.17, 15) is 14.8 Å². The first-order valence-corrected chi connectivity index (χ1v) is 5.62. The first-order chi connectivity index (χ1) is 8.99. The van der Waals surface area contributed by atoms with Crippen LogP contribution in [-0.2, 0) is 7.05 Å². The smallest absolute Gasteiger partial charge is 0.350 e. The van der Waals surface area contributed by atoms with Crippen molar-refractivity contribution < 1.29 is 4.73 Å². The third kappa shape index (κ3) is 1.51. The number of hydrogen-bond donors (Lipinski definition) is 1. The third-order valence-electron chi connectivity index (χ3n) is 3.09. The zero-order valence-electron chi connectivity index (χ0n) is 10.3. The van der Waals surface area contributed by atoms with Crippen molar-refractivity contribution in [2.45, 2.75) is 6.92 Å². The molecule has 0 spiro atoms. The maximum atomic E-state index is 12.3. The van der Waals surface area contributed by atoms with E-state index in [0.717, 1.165) is 5.56 Å². The van der Waals surface area contributed by atoms with E-state index in [1.54, 1.807) is 23.7 Å². The Morgan fingerprint density at radius 3 is 2.84 bits per heavy atom. The number of nitrogens with zero attached hydrogens (tertiary/aromatic N) is 3. The van der Waals surface area contributed by atoms with Crippen LogP contribution in [0, 0.1) is 12.1 Å². The molecule has 0 saturated heterocycles. The van der Waals surface area contributed by atoms with E-state index >= 15 is 0 Å². The monoisotopic (exact) mass is 258 g/mol. The Balaban J connectivity index is 2.69. The molecule has 0 fully saturated rings. The Labute approximate surface area is 106 Å². The summed E-state index contributed by atoms with van der Waals surface area (Å²) in [7, 11) is 1.66. The number of hydrogen-bond acceptors (Lipinski definition) is 4. The number of nitrogens with one attached hydrogen (secondary N) is 1. The molecule has 0 aliphatic carbocycles. The van der Waals surface area contributed by atoms with Gasteiger partial charge in [-0.25, -0.2) is 4.79 Å². The van der Waals surface area contributed by atoms with Gasteiger partial charge in [0.2, 0.25) is 11.3 Å². The molecule has 2 aliphatic heterocycles. The van der Waals surface area contributed by atoms with Crippen molar-refractivity contribution in [2.24, 2.45) is 7.05 Å². The predicted octanol–water partition coefficient (Wildman–Crippen LogP) is -0.332. The lowest BCUT2D eigenvalue weighted by atomic mass is 10.2. The summed E-state index contributed by atoms with van der Waals surface area (Å²) in [5.41, 5.74) is 0.205. The largest absolute Gasteiger partial charge is 0.618 e. The van der Waals surface area contributed by atoms with Crippen LogP contribution >= 0.6 is 0 Å². The molecule has 1 aromatic rings. The van der Waals surface area contributed by atoms with Crippen molar-refractivity contribution in [3.05, 3.63) is 49.8 Å². The molecule has 7 nitrogen and oxygen atoms in total. The molecule has 0 unspecified atom stereocenters. The molecular weight excluding hydrogens is 248 g/mol. The minimum atomic E-state index is -0.764. The molecule has 0 saturated carbocycles. The normalized spacial score (nSPS) is 11.3. The lowest BCUT2D eigenvalue weighted by molar-refractivity contribution is -0.566. The topological polar surface area (TPSA) is 94.7 Å². The Morgan fingerprint density at radius 2 is 2.11 bits per heavy atom. The molecule has 96 valence electrons. The Kier molecular flexibility index (Phi) is 2.19. The van der Waals surface area contributed by atoms with Crippen molar-refractivity contribution in [1.82, 2.24) is 14.5 Å². The van der Waals surface area contributed by atoms with Gasteiger partial charge in [0.1, 0.15) is 5.52 Å². The van der Waals surface area contributed by atoms with Crippen molar-refractivity contribution in [2.75, 3.05) is 0 Å². The summed E-state index contributed by atoms with van der Waals surface area (Å²) in [6.45, 7) is 1.85. The summed E-state index contributed by atoms with van der Waals surface area (Å²) in [6.07, 6.45) is 0. The van der Waals surface area contributed by atoms with Gasteiger partial charge in [-0.15, -0.1) is 0 Å². The van der Waals surface area contributed by atoms with Crippen LogP contribution < -0.4 is 16.0 Å². The van der Waals surface area contributed by atoms with E-state index < -0.39 is 11.2 Å². The highest BCUT2D eigenvalue weighted by Crippen LogP contribution is 2.18. The molecule has 0 radical (unpaired) electrons. The fourth-order valence-corrected chi connectivity index (χ4v) is 2.17. The lowest BCUT2D eigenvalue weighted by Crippen LogP contribution is -2.42. The molecule has 0 amide bonds. The van der Waals surface area contributed by atoms with Gasteiger partial charge < -0.3 is 9.77 Å². The van der Waals surface area contributed by atoms with Gasteiger partial charge in [-0.3, -0.25) is 9.78 Å². The van der Waals surface area contributed by atoms with E-state index in [1.807, 2.05) is 18.0 Å². The summed E-state index contributed by atoms with van der Waals surface area (Å²) < 4.78 is 2.08. The maximum Gasteiger partial charge on any atom is 0.350 e. The molecule has 19 heavy (non-hydrogen) atoms. The third-order valence-corrected chi connectivity index (χ3v) is 3.09. The highest BCUT2D eigenvalue weighted by Gasteiger charge is 2.25. The number of aromatic nitrogens is 4. The molecule has 1 aromatic carbocycles. The van der Waals surface area contributed by atoms with Crippen molar-refractivity contribution in [1.29, 1.82) is 0 Å². The van der Waals surface area contributed by atoms with Gasteiger partial charge in [-0.05, 0) is 18.6 Å². The van der Waals surface area contributed by atoms with Gasteiger partial charge >= 0.3 is 16.9 Å². The van der Waals surface area contributed by atoms with Crippen LogP contribution in [0.3, 0.4) is 0 Å². The summed E-state index contributed by atoms with van der Waals surface area (Å²) in [5, 5.41) is 12.3. The fraction of sp³-hybridized carbons (Fsp3) is 0.167. The molecule has 7 heteroatoms. The van der Waals surface area contributed by atoms with Crippen molar-refractivity contribution in [3.8, 4) is 11.5 Å². The zero-order chi connectivity index (χ0) is 13.7. The molecule has 3 rings (SSSR count). The highest BCUT2D eigenvalue weighted by molar-refractivity contribution is 5.75. The standard InChI is InChI=1S/C12H10N4O3/c1-6-3-4-7-8(5-6)16(19)9-10(15(7)2)13-12(18)14-11(9)17/h3-5H,1-2H3,(H,14,17,18). The average molecular weight is 258 g/mol. The molecule has 0 bridgehead atoms. The maximum absolute atomic E-state index is 12.3. The van der Waals surface area contributed by atoms with E-state index in [-0.39, 0.29) is 11.5 Å². The van der Waals surface area contributed by atoms with Gasteiger partial charge in [-0.1, -0.05) is 6.07 Å². The summed E-state index contributed by atoms with van der Waals surface area (Å²) in [6, 6.07) is 5.29. The van der Waals surface area contributed by atoms with Crippen LogP contribution in [0.2, 0.25) is 0 Å². The average Bonchev–Trinajstić information content (AvgIpc) is 2.35. The summed E-state index contributed by atoms with van der Waals surface area (Å²) in [5.74, 6) is 0.0695. The molecule has 2 aliphatic rings. The van der Waals surface area contributed by atoms with Gasteiger partial charge in [0, 0.05) is 13.1 Å². The lowest BCUT2D eigenvalue weighted by Gasteiger charge is -2.13. The first-order valence-electron chi connectivity index (χ1n) is 5.62. The second-order valence-electron chi connectivity index (χ2n) is 4.39. The van der Waals surface area contributed by atoms with Gasteiger partial charge in [0.25, 0.3) is 0 Å². The first kappa shape index (κ1) is 11.4. The molecular formula is C12H10N4O3. The van der Waals surface area contributed by atoms with Crippen LogP contribution in [0.1, 0.15) is 5.56 Å². The van der Waals surface area contributed by atoms with E-state index in [2.05, 4.69) is 4.98 Å². The zero-order valence-corrected chi connectivity index (χ0v) is 10.3. The van der Waals surface area contributed by atoms with E-state index in [1.165, 1.54) is 0 Å². The minimum Gasteiger partial charge on any atom is -0.618 e. The van der Waals surface area contributed by atoms with Crippen molar-refractivity contribution in [3.63, 3.8) is 0 Å². The van der Waals surface area contributed by atoms with Crippen LogP contribution in [0.15, 0.2) is 27.8 Å². The second-order valence-corrected chi connectivity index (χ2v) is 4.39.